The first-order valence-electron chi connectivity index (χ1n) is 9.78. The Bertz CT molecular complexity index is 766. The molecule has 7 nitrogen and oxygen atoms in total. The van der Waals surface area contributed by atoms with E-state index in [0.29, 0.717) is 18.2 Å². The number of likely N-dealkylation sites (tertiary alicyclic amines) is 1. The fraction of sp³-hybridized carbons (Fsp3) is 0.429. The Balaban J connectivity index is 1.26. The Kier molecular flexibility index (Phi) is 7.35. The van der Waals surface area contributed by atoms with Gasteiger partial charge < -0.3 is 14.7 Å². The summed E-state index contributed by atoms with van der Waals surface area (Å²) >= 11 is 0. The summed E-state index contributed by atoms with van der Waals surface area (Å²) in [6, 6.07) is 5.35. The number of nitrogens with zero attached hydrogens (tertiary/aromatic N) is 3. The van der Waals surface area contributed by atoms with E-state index in [9.17, 15) is 9.59 Å². The van der Waals surface area contributed by atoms with Crippen LogP contribution >= 0.6 is 0 Å². The molecule has 3 rings (SSSR count). The second-order valence-electron chi connectivity index (χ2n) is 7.02. The number of rotatable bonds is 8. The van der Waals surface area contributed by atoms with Gasteiger partial charge in [-0.1, -0.05) is 24.1 Å². The van der Waals surface area contributed by atoms with E-state index >= 15 is 0 Å². The van der Waals surface area contributed by atoms with Crippen LogP contribution in [0.4, 0.5) is 0 Å². The smallest absolute Gasteiger partial charge is 0.292 e. The van der Waals surface area contributed by atoms with Crippen LogP contribution in [-0.2, 0) is 4.79 Å². The predicted octanol–water partition coefficient (Wildman–Crippen LogP) is 2.92. The normalized spacial score (nSPS) is 15.1. The van der Waals surface area contributed by atoms with Gasteiger partial charge in [0, 0.05) is 44.2 Å². The van der Waals surface area contributed by atoms with Crippen LogP contribution < -0.4 is 5.32 Å². The lowest BCUT2D eigenvalue weighted by atomic mass is 9.91. The number of hydrogen-bond acceptors (Lipinski definition) is 5. The van der Waals surface area contributed by atoms with Gasteiger partial charge in [0.25, 0.3) is 5.91 Å². The summed E-state index contributed by atoms with van der Waals surface area (Å²) in [6.45, 7) is 2.21. The van der Waals surface area contributed by atoms with Crippen LogP contribution in [0.25, 0.3) is 6.08 Å². The molecule has 0 bridgehead atoms. The maximum Gasteiger partial charge on any atom is 0.292 e. The van der Waals surface area contributed by atoms with E-state index in [1.54, 1.807) is 24.5 Å². The van der Waals surface area contributed by atoms with Crippen molar-refractivity contribution < 1.29 is 14.1 Å². The standard InChI is InChI=1S/C21H26N4O3/c26-20(7-6-18-5-3-11-22-16-18)23-12-2-1-4-17-9-14-25(15-10-17)21(27)19-8-13-24-28-19/h3,5-8,11,13,16-17H,1-2,4,9-10,12,14-15H2,(H,23,26)/b7-6+. The first kappa shape index (κ1) is 19.8. The molecule has 2 amide bonds. The predicted molar refractivity (Wildman–Crippen MR) is 105 cm³/mol. The van der Waals surface area contributed by atoms with Crippen molar-refractivity contribution in [1.82, 2.24) is 20.4 Å². The highest BCUT2D eigenvalue weighted by molar-refractivity contribution is 5.91. The lowest BCUT2D eigenvalue weighted by Crippen LogP contribution is -2.38. The lowest BCUT2D eigenvalue weighted by Gasteiger charge is -2.31. The van der Waals surface area contributed by atoms with Crippen LogP contribution in [0.1, 0.15) is 48.2 Å². The van der Waals surface area contributed by atoms with E-state index < -0.39 is 0 Å². The van der Waals surface area contributed by atoms with Crippen LogP contribution in [-0.4, -0.2) is 46.5 Å². The molecule has 1 fully saturated rings. The summed E-state index contributed by atoms with van der Waals surface area (Å²) in [5, 5.41) is 6.50. The molecule has 28 heavy (non-hydrogen) atoms. The first-order valence-corrected chi connectivity index (χ1v) is 9.78. The highest BCUT2D eigenvalue weighted by Gasteiger charge is 2.25. The zero-order valence-corrected chi connectivity index (χ0v) is 15.9. The molecule has 0 aliphatic carbocycles. The number of nitrogens with one attached hydrogen (secondary N) is 1. The summed E-state index contributed by atoms with van der Waals surface area (Å²) in [5.74, 6) is 0.799. The van der Waals surface area contributed by atoms with E-state index in [4.69, 9.17) is 4.52 Å². The molecule has 0 aromatic carbocycles. The minimum Gasteiger partial charge on any atom is -0.353 e. The van der Waals surface area contributed by atoms with Crippen molar-refractivity contribution in [2.24, 2.45) is 5.92 Å². The molecule has 1 aliphatic heterocycles. The number of carbonyl (C=O) groups is 2. The van der Waals surface area contributed by atoms with Crippen LogP contribution in [0, 0.1) is 5.92 Å². The highest BCUT2D eigenvalue weighted by Crippen LogP contribution is 2.23. The second-order valence-corrected chi connectivity index (χ2v) is 7.02. The van der Waals surface area contributed by atoms with E-state index in [2.05, 4.69) is 15.5 Å². The zero-order valence-electron chi connectivity index (χ0n) is 15.9. The van der Waals surface area contributed by atoms with Gasteiger partial charge in [-0.15, -0.1) is 0 Å². The van der Waals surface area contributed by atoms with E-state index in [1.807, 2.05) is 17.0 Å². The fourth-order valence-electron chi connectivity index (χ4n) is 3.38. The van der Waals surface area contributed by atoms with E-state index in [1.165, 1.54) is 12.3 Å². The number of aromatic nitrogens is 2. The van der Waals surface area contributed by atoms with Gasteiger partial charge >= 0.3 is 0 Å². The van der Waals surface area contributed by atoms with Gasteiger partial charge in [0.15, 0.2) is 0 Å². The average Bonchev–Trinajstić information content (AvgIpc) is 3.28. The fourth-order valence-corrected chi connectivity index (χ4v) is 3.38. The largest absolute Gasteiger partial charge is 0.353 e. The molecule has 0 radical (unpaired) electrons. The SMILES string of the molecule is O=C(/C=C/c1cccnc1)NCCCCC1CCN(C(=O)c2ccno2)CC1. The summed E-state index contributed by atoms with van der Waals surface area (Å²) < 4.78 is 4.95. The molecular formula is C21H26N4O3. The number of pyridine rings is 1. The number of unbranched alkanes of at least 4 members (excludes halogenated alkanes) is 1. The quantitative estimate of drug-likeness (QED) is 0.560. The maximum atomic E-state index is 12.2. The molecule has 7 heteroatoms. The molecule has 1 saturated heterocycles. The van der Waals surface area contributed by atoms with Gasteiger partial charge in [0.05, 0.1) is 6.20 Å². The van der Waals surface area contributed by atoms with Crippen LogP contribution in [0.3, 0.4) is 0 Å². The average molecular weight is 382 g/mol. The minimum absolute atomic E-state index is 0.0713. The van der Waals surface area contributed by atoms with Crippen molar-refractivity contribution in [3.05, 3.63) is 54.2 Å². The van der Waals surface area contributed by atoms with Gasteiger partial charge in [-0.2, -0.15) is 0 Å². The first-order chi connectivity index (χ1) is 13.7. The Morgan fingerprint density at radius 2 is 2.07 bits per heavy atom. The van der Waals surface area contributed by atoms with Crippen LogP contribution in [0.5, 0.6) is 0 Å². The molecule has 0 saturated carbocycles. The Morgan fingerprint density at radius 1 is 1.21 bits per heavy atom. The third kappa shape index (κ3) is 6.04. The van der Waals surface area contributed by atoms with Gasteiger partial charge in [-0.25, -0.2) is 0 Å². The Hall–Kier alpha value is -2.96. The van der Waals surface area contributed by atoms with Crippen molar-refractivity contribution in [1.29, 1.82) is 0 Å². The van der Waals surface area contributed by atoms with Crippen molar-refractivity contribution in [3.8, 4) is 0 Å². The molecular weight excluding hydrogens is 356 g/mol. The number of piperidine rings is 1. The third-order valence-electron chi connectivity index (χ3n) is 5.00. The third-order valence-corrected chi connectivity index (χ3v) is 5.00. The molecule has 0 spiro atoms. The van der Waals surface area contributed by atoms with E-state index in [-0.39, 0.29) is 11.8 Å². The number of hydrogen-bond donors (Lipinski definition) is 1. The minimum atomic E-state index is -0.0805. The molecule has 1 N–H and O–H groups in total. The molecule has 1 aliphatic rings. The summed E-state index contributed by atoms with van der Waals surface area (Å²) in [4.78, 5) is 29.9. The van der Waals surface area contributed by atoms with Crippen molar-refractivity contribution in [3.63, 3.8) is 0 Å². The van der Waals surface area contributed by atoms with Crippen molar-refractivity contribution >= 4 is 17.9 Å². The molecule has 0 atom stereocenters. The molecule has 3 heterocycles. The second kappa shape index (κ2) is 10.4. The maximum absolute atomic E-state index is 12.2. The van der Waals surface area contributed by atoms with Gasteiger partial charge in [-0.3, -0.25) is 14.6 Å². The van der Waals surface area contributed by atoms with Crippen LogP contribution in [0.2, 0.25) is 0 Å². The Morgan fingerprint density at radius 3 is 2.79 bits per heavy atom. The summed E-state index contributed by atoms with van der Waals surface area (Å²) in [5.41, 5.74) is 0.908. The van der Waals surface area contributed by atoms with Crippen LogP contribution in [0.15, 0.2) is 47.4 Å². The Labute approximate surface area is 164 Å². The molecule has 0 unspecified atom stereocenters. The van der Waals surface area contributed by atoms with Crippen molar-refractivity contribution in [2.75, 3.05) is 19.6 Å². The summed E-state index contributed by atoms with van der Waals surface area (Å²) in [7, 11) is 0. The lowest BCUT2D eigenvalue weighted by molar-refractivity contribution is -0.116. The van der Waals surface area contributed by atoms with Crippen molar-refractivity contribution in [2.45, 2.75) is 32.1 Å². The van der Waals surface area contributed by atoms with E-state index in [0.717, 1.165) is 50.8 Å². The number of amides is 2. The topological polar surface area (TPSA) is 88.3 Å². The number of carbonyl (C=O) groups excluding carboxylic acids is 2. The summed E-state index contributed by atoms with van der Waals surface area (Å²) in [6.07, 6.45) is 13.4. The zero-order chi connectivity index (χ0) is 19.6. The monoisotopic (exact) mass is 382 g/mol. The molecule has 2 aromatic heterocycles. The van der Waals surface area contributed by atoms with Gasteiger partial charge in [0.2, 0.25) is 11.7 Å². The molecule has 148 valence electrons. The highest BCUT2D eigenvalue weighted by atomic mass is 16.5. The van der Waals surface area contributed by atoms with Gasteiger partial charge in [0.1, 0.15) is 0 Å². The molecule has 2 aromatic rings. The van der Waals surface area contributed by atoms with Gasteiger partial charge in [-0.05, 0) is 42.9 Å².